The first-order valence-corrected chi connectivity index (χ1v) is 8.68. The molecule has 0 rings (SSSR count). The maximum Gasteiger partial charge on any atom is 0.315 e. The van der Waals surface area contributed by atoms with E-state index in [0.717, 1.165) is 19.4 Å². The van der Waals surface area contributed by atoms with Gasteiger partial charge in [0, 0.05) is 20.9 Å². The van der Waals surface area contributed by atoms with Crippen LogP contribution in [-0.4, -0.2) is 29.6 Å². The normalized spacial score (nSPS) is 11.4. The number of hydrogen-bond donors (Lipinski definition) is 4. The second-order valence-corrected chi connectivity index (χ2v) is 5.73. The number of urea groups is 1. The Kier molecular flexibility index (Phi) is 11.7. The van der Waals surface area contributed by atoms with E-state index in [1.807, 2.05) is 6.92 Å². The Balaban J connectivity index is -0.00000162. The summed E-state index contributed by atoms with van der Waals surface area (Å²) in [5.74, 6) is 1.22. The number of thiol groups is 2. The lowest BCUT2D eigenvalue weighted by molar-refractivity contribution is 0.230. The van der Waals surface area contributed by atoms with Gasteiger partial charge in [0.05, 0.1) is 5.54 Å². The number of carbonyl (C=O) groups is 1. The molecule has 0 unspecified atom stereocenters. The van der Waals surface area contributed by atoms with Crippen LogP contribution in [-0.2, 0) is 0 Å². The molecule has 0 fully saturated rings. The minimum atomic E-state index is -0.294. The van der Waals surface area contributed by atoms with Crippen molar-refractivity contribution in [1.82, 2.24) is 10.6 Å². The number of amides is 2. The van der Waals surface area contributed by atoms with Crippen LogP contribution >= 0.6 is 25.3 Å². The molecule has 5 heteroatoms. The molecule has 0 aromatic rings. The highest BCUT2D eigenvalue weighted by atomic mass is 32.1. The fourth-order valence-electron chi connectivity index (χ4n) is 1.83. The monoisotopic (exact) mass is 310 g/mol. The molecule has 0 aromatic heterocycles. The summed E-state index contributed by atoms with van der Waals surface area (Å²) in [6, 6.07) is -0.0986. The van der Waals surface area contributed by atoms with E-state index in [2.05, 4.69) is 42.8 Å². The van der Waals surface area contributed by atoms with E-state index in [0.29, 0.717) is 11.5 Å². The molecule has 0 bridgehead atoms. The molecule has 2 amide bonds. The van der Waals surface area contributed by atoms with Gasteiger partial charge in [0.2, 0.25) is 0 Å². The molecular weight excluding hydrogens is 276 g/mol. The van der Waals surface area contributed by atoms with E-state index in [-0.39, 0.29) is 14.4 Å². The summed E-state index contributed by atoms with van der Waals surface area (Å²) in [6.45, 7) is 5.01. The van der Waals surface area contributed by atoms with Crippen LogP contribution in [0, 0.1) is 0 Å². The first-order chi connectivity index (χ1) is 9.14. The Morgan fingerprint density at radius 2 is 1.63 bits per heavy atom. The van der Waals surface area contributed by atoms with Crippen molar-refractivity contribution in [3.8, 4) is 0 Å². The van der Waals surface area contributed by atoms with Crippen molar-refractivity contribution in [1.29, 1.82) is 0 Å². The van der Waals surface area contributed by atoms with Crippen LogP contribution in [0.5, 0.6) is 0 Å². The summed E-state index contributed by atoms with van der Waals surface area (Å²) in [4.78, 5) is 11.8. The highest BCUT2D eigenvalue weighted by molar-refractivity contribution is 7.81. The highest BCUT2D eigenvalue weighted by Gasteiger charge is 2.26. The predicted octanol–water partition coefficient (Wildman–Crippen LogP) is 4.15. The molecule has 0 saturated heterocycles. The van der Waals surface area contributed by atoms with Crippen LogP contribution in [0.15, 0.2) is 0 Å². The molecule has 2 N–H and O–H groups in total. The van der Waals surface area contributed by atoms with Crippen LogP contribution in [0.25, 0.3) is 0 Å². The third-order valence-electron chi connectivity index (χ3n) is 3.48. The summed E-state index contributed by atoms with van der Waals surface area (Å²) in [5, 5.41) is 5.90. The molecule has 3 nitrogen and oxygen atoms in total. The Morgan fingerprint density at radius 1 is 1.05 bits per heavy atom. The van der Waals surface area contributed by atoms with E-state index in [1.165, 1.54) is 32.1 Å². The van der Waals surface area contributed by atoms with E-state index in [4.69, 9.17) is 0 Å². The van der Waals surface area contributed by atoms with E-state index >= 15 is 0 Å². The number of rotatable bonds is 11. The van der Waals surface area contributed by atoms with E-state index in [9.17, 15) is 4.79 Å². The lowest BCUT2D eigenvalue weighted by Crippen LogP contribution is -2.54. The number of nitrogens with one attached hydrogen (secondary N) is 2. The fourth-order valence-corrected chi connectivity index (χ4v) is 2.84. The van der Waals surface area contributed by atoms with Gasteiger partial charge in [-0.25, -0.2) is 4.79 Å². The van der Waals surface area contributed by atoms with Gasteiger partial charge < -0.3 is 10.6 Å². The zero-order valence-corrected chi connectivity index (χ0v) is 14.2. The van der Waals surface area contributed by atoms with Gasteiger partial charge in [-0.05, 0) is 12.8 Å². The van der Waals surface area contributed by atoms with Crippen LogP contribution in [0.1, 0.15) is 61.6 Å². The van der Waals surface area contributed by atoms with Crippen molar-refractivity contribution in [2.75, 3.05) is 18.1 Å². The van der Waals surface area contributed by atoms with Crippen molar-refractivity contribution in [3.05, 3.63) is 0 Å². The molecule has 0 atom stereocenters. The molecule has 0 aliphatic rings. The van der Waals surface area contributed by atoms with Crippen LogP contribution in [0.2, 0.25) is 0 Å². The Hall–Kier alpha value is -0.0300. The molecule has 0 aliphatic carbocycles. The van der Waals surface area contributed by atoms with Crippen LogP contribution < -0.4 is 10.6 Å². The Morgan fingerprint density at radius 3 is 2.16 bits per heavy atom. The summed E-state index contributed by atoms with van der Waals surface area (Å²) in [6.07, 6.45) is 8.25. The largest absolute Gasteiger partial charge is 0.338 e. The van der Waals surface area contributed by atoms with Crippen LogP contribution in [0.3, 0.4) is 0 Å². The predicted molar refractivity (Wildman–Crippen MR) is 94.9 cm³/mol. The van der Waals surface area contributed by atoms with Gasteiger partial charge in [0.25, 0.3) is 0 Å². The first kappa shape index (κ1) is 19.0. The lowest BCUT2D eigenvalue weighted by Gasteiger charge is -2.30. The summed E-state index contributed by atoms with van der Waals surface area (Å²) in [7, 11) is 0. The topological polar surface area (TPSA) is 41.1 Å². The number of carbonyl (C=O) groups excluding carboxylic acids is 1. The third-order valence-corrected chi connectivity index (χ3v) is 4.69. The van der Waals surface area contributed by atoms with Gasteiger partial charge in [0.15, 0.2) is 0 Å². The Labute approximate surface area is 132 Å². The molecule has 0 saturated carbocycles. The van der Waals surface area contributed by atoms with Crippen molar-refractivity contribution in [2.24, 2.45) is 0 Å². The van der Waals surface area contributed by atoms with Crippen molar-refractivity contribution >= 4 is 31.3 Å². The van der Waals surface area contributed by atoms with Crippen molar-refractivity contribution < 1.29 is 7.65 Å². The standard InChI is InChI=1S/C14H30N2OS2.2H2/c1-3-5-6-7-8-9-10-15-13(17)16-14(4-2,11-18)12-19;;/h18-19H,3-12H2,1-2H3,(H2,15,16,17);2*1H. The SMILES string of the molecule is CCCCCCCCNC(=O)NC(CC)(CS)CS.[HH].[HH]. The van der Waals surface area contributed by atoms with Gasteiger partial charge in [-0.15, -0.1) is 0 Å². The second kappa shape index (κ2) is 11.8. The Bertz CT molecular complexity index is 235. The third kappa shape index (κ3) is 8.69. The molecule has 0 spiro atoms. The molecule has 0 aliphatic heterocycles. The number of hydrogen-bond acceptors (Lipinski definition) is 3. The van der Waals surface area contributed by atoms with Gasteiger partial charge in [0.1, 0.15) is 0 Å². The summed E-state index contributed by atoms with van der Waals surface area (Å²) >= 11 is 8.60. The van der Waals surface area contributed by atoms with Gasteiger partial charge >= 0.3 is 6.03 Å². The molecule has 0 heterocycles. The first-order valence-electron chi connectivity index (χ1n) is 7.42. The second-order valence-electron chi connectivity index (χ2n) is 5.10. The zero-order chi connectivity index (χ0) is 14.6. The molecule has 0 radical (unpaired) electrons. The van der Waals surface area contributed by atoms with Crippen molar-refractivity contribution in [2.45, 2.75) is 64.3 Å². The minimum absolute atomic E-state index is 0. The van der Waals surface area contributed by atoms with Crippen molar-refractivity contribution in [3.63, 3.8) is 0 Å². The zero-order valence-electron chi connectivity index (χ0n) is 12.4. The number of unbranched alkanes of at least 4 members (excludes halogenated alkanes) is 5. The smallest absolute Gasteiger partial charge is 0.315 e. The average Bonchev–Trinajstić information content (AvgIpc) is 2.44. The maximum atomic E-state index is 11.8. The fraction of sp³-hybridized carbons (Fsp3) is 0.929. The van der Waals surface area contributed by atoms with E-state index < -0.39 is 0 Å². The molecular formula is C14H34N2OS2. The minimum Gasteiger partial charge on any atom is -0.338 e. The maximum absolute atomic E-state index is 11.8. The van der Waals surface area contributed by atoms with Gasteiger partial charge in [-0.3, -0.25) is 0 Å². The van der Waals surface area contributed by atoms with E-state index in [1.54, 1.807) is 0 Å². The highest BCUT2D eigenvalue weighted by Crippen LogP contribution is 2.14. The summed E-state index contributed by atoms with van der Waals surface area (Å²) < 4.78 is 0. The van der Waals surface area contributed by atoms with Gasteiger partial charge in [-0.2, -0.15) is 25.3 Å². The lowest BCUT2D eigenvalue weighted by atomic mass is 10.0. The van der Waals surface area contributed by atoms with Gasteiger partial charge in [-0.1, -0.05) is 46.0 Å². The van der Waals surface area contributed by atoms with Crippen LogP contribution in [0.4, 0.5) is 4.79 Å². The molecule has 118 valence electrons. The molecule has 0 aromatic carbocycles. The quantitative estimate of drug-likeness (QED) is 0.336. The molecule has 19 heavy (non-hydrogen) atoms. The average molecular weight is 311 g/mol. The summed E-state index contributed by atoms with van der Waals surface area (Å²) in [5.41, 5.74) is -0.294.